The van der Waals surface area contributed by atoms with Crippen molar-refractivity contribution in [2.45, 2.75) is 39.5 Å². The Morgan fingerprint density at radius 1 is 1.45 bits per heavy atom. The molecule has 0 unspecified atom stereocenters. The number of hydrogen-bond donors (Lipinski definition) is 1. The molecule has 0 aromatic rings. The minimum atomic E-state index is -0.224. The Balaban J connectivity index is 3.89. The second-order valence-electron chi connectivity index (χ2n) is 2.66. The van der Waals surface area contributed by atoms with Crippen LogP contribution in [0.5, 0.6) is 0 Å². The zero-order chi connectivity index (χ0) is 8.69. The highest BCUT2D eigenvalue weighted by molar-refractivity contribution is 5.76. The van der Waals surface area contributed by atoms with Crippen molar-refractivity contribution in [3.63, 3.8) is 0 Å². The first-order valence-corrected chi connectivity index (χ1v) is 4.16. The molecule has 0 heterocycles. The lowest BCUT2D eigenvalue weighted by atomic mass is 10.1. The molecule has 0 radical (unpaired) electrons. The van der Waals surface area contributed by atoms with E-state index in [-0.39, 0.29) is 5.91 Å². The lowest BCUT2D eigenvalue weighted by molar-refractivity contribution is -0.117. The summed E-state index contributed by atoms with van der Waals surface area (Å²) in [6.45, 7) is 4.17. The highest BCUT2D eigenvalue weighted by Gasteiger charge is 1.99. The molecule has 0 rings (SSSR count). The molecule has 0 aliphatic heterocycles. The van der Waals surface area contributed by atoms with Crippen LogP contribution in [0, 0.1) is 0 Å². The largest absolute Gasteiger partial charge is 0.369 e. The first-order valence-electron chi connectivity index (χ1n) is 4.16. The van der Waals surface area contributed by atoms with Gasteiger partial charge in [0, 0.05) is 6.42 Å². The van der Waals surface area contributed by atoms with E-state index >= 15 is 0 Å². The quantitative estimate of drug-likeness (QED) is 0.606. The minimum Gasteiger partial charge on any atom is -0.369 e. The van der Waals surface area contributed by atoms with Gasteiger partial charge in [0.05, 0.1) is 0 Å². The number of allylic oxidation sites excluding steroid dienone is 1. The molecule has 1 amide bonds. The van der Waals surface area contributed by atoms with E-state index in [1.54, 1.807) is 0 Å². The monoisotopic (exact) mass is 155 g/mol. The third-order valence-electron chi connectivity index (χ3n) is 1.47. The number of carbonyl (C=O) groups is 1. The molecule has 0 atom stereocenters. The molecule has 0 fully saturated rings. The smallest absolute Gasteiger partial charge is 0.221 e. The van der Waals surface area contributed by atoms with Crippen LogP contribution in [0.3, 0.4) is 0 Å². The summed E-state index contributed by atoms with van der Waals surface area (Å²) in [7, 11) is 0. The normalized spacial score (nSPS) is 11.6. The maximum atomic E-state index is 10.5. The number of primary amides is 1. The Bertz CT molecular complexity index is 150. The molecule has 0 aromatic heterocycles. The van der Waals surface area contributed by atoms with E-state index in [9.17, 15) is 4.79 Å². The first-order chi connectivity index (χ1) is 5.20. The zero-order valence-corrected chi connectivity index (χ0v) is 7.39. The Morgan fingerprint density at radius 2 is 2.09 bits per heavy atom. The molecule has 0 aliphatic carbocycles. The van der Waals surface area contributed by atoms with E-state index in [4.69, 9.17) is 5.73 Å². The van der Waals surface area contributed by atoms with Crippen LogP contribution in [0.2, 0.25) is 0 Å². The predicted octanol–water partition coefficient (Wildman–Crippen LogP) is 2.00. The van der Waals surface area contributed by atoms with E-state index in [0.717, 1.165) is 19.3 Å². The van der Waals surface area contributed by atoms with E-state index in [2.05, 4.69) is 19.9 Å². The fourth-order valence-electron chi connectivity index (χ4n) is 1.10. The van der Waals surface area contributed by atoms with Crippen LogP contribution in [-0.4, -0.2) is 5.91 Å². The van der Waals surface area contributed by atoms with Crippen molar-refractivity contribution in [2.75, 3.05) is 0 Å². The van der Waals surface area contributed by atoms with Crippen LogP contribution in [0.1, 0.15) is 39.5 Å². The summed E-state index contributed by atoms with van der Waals surface area (Å²) in [5.74, 6) is -0.224. The van der Waals surface area contributed by atoms with E-state index in [1.807, 2.05) is 0 Å². The molecular weight excluding hydrogens is 138 g/mol. The van der Waals surface area contributed by atoms with Crippen molar-refractivity contribution in [1.82, 2.24) is 0 Å². The average molecular weight is 155 g/mol. The zero-order valence-electron chi connectivity index (χ0n) is 7.39. The summed E-state index contributed by atoms with van der Waals surface area (Å²) in [4.78, 5) is 10.5. The summed E-state index contributed by atoms with van der Waals surface area (Å²) in [5, 5.41) is 0. The number of nitrogens with two attached hydrogens (primary N) is 1. The molecule has 0 aliphatic rings. The molecule has 0 bridgehead atoms. The van der Waals surface area contributed by atoms with Crippen molar-refractivity contribution >= 4 is 5.91 Å². The summed E-state index contributed by atoms with van der Waals surface area (Å²) in [6.07, 6.45) is 5.59. The van der Waals surface area contributed by atoms with Gasteiger partial charge in [-0.15, -0.1) is 0 Å². The number of hydrogen-bond acceptors (Lipinski definition) is 1. The van der Waals surface area contributed by atoms with Gasteiger partial charge in [0.2, 0.25) is 5.91 Å². The highest BCUT2D eigenvalue weighted by Crippen LogP contribution is 2.09. The Hall–Kier alpha value is -0.790. The lowest BCUT2D eigenvalue weighted by Gasteiger charge is -2.01. The van der Waals surface area contributed by atoms with Gasteiger partial charge in [-0.2, -0.15) is 0 Å². The molecule has 2 N–H and O–H groups in total. The second-order valence-corrected chi connectivity index (χ2v) is 2.66. The molecule has 64 valence electrons. The maximum absolute atomic E-state index is 10.5. The van der Waals surface area contributed by atoms with Crippen molar-refractivity contribution in [1.29, 1.82) is 0 Å². The fourth-order valence-corrected chi connectivity index (χ4v) is 1.10. The van der Waals surface area contributed by atoms with Gasteiger partial charge in [-0.05, 0) is 12.8 Å². The predicted molar refractivity (Wildman–Crippen MR) is 47.1 cm³/mol. The van der Waals surface area contributed by atoms with Gasteiger partial charge in [0.1, 0.15) is 0 Å². The van der Waals surface area contributed by atoms with Crippen molar-refractivity contribution in [3.8, 4) is 0 Å². The Kier molecular flexibility index (Phi) is 5.53. The van der Waals surface area contributed by atoms with Crippen LogP contribution < -0.4 is 5.73 Å². The Morgan fingerprint density at radius 3 is 2.45 bits per heavy atom. The average Bonchev–Trinajstić information content (AvgIpc) is 1.87. The molecule has 0 aromatic carbocycles. The second kappa shape index (κ2) is 5.96. The third kappa shape index (κ3) is 5.64. The minimum absolute atomic E-state index is 0.224. The Labute approximate surface area is 68.5 Å². The van der Waals surface area contributed by atoms with Gasteiger partial charge in [-0.1, -0.05) is 31.9 Å². The summed E-state index contributed by atoms with van der Waals surface area (Å²) in [6, 6.07) is 0. The maximum Gasteiger partial charge on any atom is 0.221 e. The van der Waals surface area contributed by atoms with Crippen LogP contribution in [-0.2, 0) is 4.79 Å². The molecule has 11 heavy (non-hydrogen) atoms. The summed E-state index contributed by atoms with van der Waals surface area (Å²) < 4.78 is 0. The van der Waals surface area contributed by atoms with Gasteiger partial charge in [0.15, 0.2) is 0 Å². The highest BCUT2D eigenvalue weighted by atomic mass is 16.1. The molecular formula is C9H17NO. The van der Waals surface area contributed by atoms with Crippen LogP contribution in [0.4, 0.5) is 0 Å². The van der Waals surface area contributed by atoms with E-state index < -0.39 is 0 Å². The summed E-state index contributed by atoms with van der Waals surface area (Å²) >= 11 is 0. The van der Waals surface area contributed by atoms with Crippen molar-refractivity contribution in [3.05, 3.63) is 11.6 Å². The van der Waals surface area contributed by atoms with E-state index in [1.165, 1.54) is 5.57 Å². The molecule has 0 spiro atoms. The van der Waals surface area contributed by atoms with Crippen LogP contribution >= 0.6 is 0 Å². The fraction of sp³-hybridized carbons (Fsp3) is 0.667. The molecule has 0 saturated heterocycles. The molecule has 2 heteroatoms. The topological polar surface area (TPSA) is 43.1 Å². The van der Waals surface area contributed by atoms with Crippen molar-refractivity contribution < 1.29 is 4.79 Å². The number of carbonyl (C=O) groups excluding carboxylic acids is 1. The molecule has 2 nitrogen and oxygen atoms in total. The van der Waals surface area contributed by atoms with Gasteiger partial charge in [-0.3, -0.25) is 4.79 Å². The van der Waals surface area contributed by atoms with Gasteiger partial charge < -0.3 is 5.73 Å². The van der Waals surface area contributed by atoms with Crippen LogP contribution in [0.15, 0.2) is 11.6 Å². The van der Waals surface area contributed by atoms with Crippen molar-refractivity contribution in [2.24, 2.45) is 5.73 Å². The van der Waals surface area contributed by atoms with Gasteiger partial charge in [-0.25, -0.2) is 0 Å². The lowest BCUT2D eigenvalue weighted by Crippen LogP contribution is -2.11. The summed E-state index contributed by atoms with van der Waals surface area (Å²) in [5.41, 5.74) is 6.26. The SMILES string of the molecule is CCC=C(CCC)CC(N)=O. The third-order valence-corrected chi connectivity index (χ3v) is 1.47. The first kappa shape index (κ1) is 10.2. The number of amides is 1. The van der Waals surface area contributed by atoms with Crippen LogP contribution in [0.25, 0.3) is 0 Å². The standard InChI is InChI=1S/C9H17NO/c1-3-5-8(6-4-2)7-9(10)11/h5H,3-4,6-7H2,1-2H3,(H2,10,11). The van der Waals surface area contributed by atoms with E-state index in [0.29, 0.717) is 6.42 Å². The molecule has 0 saturated carbocycles. The number of rotatable bonds is 5. The van der Waals surface area contributed by atoms with Gasteiger partial charge >= 0.3 is 0 Å². The van der Waals surface area contributed by atoms with Gasteiger partial charge in [0.25, 0.3) is 0 Å².